The van der Waals surface area contributed by atoms with Gasteiger partial charge in [-0.25, -0.2) is 9.18 Å². The van der Waals surface area contributed by atoms with E-state index in [0.29, 0.717) is 46.3 Å². The number of carbonyl (C=O) groups excluding carboxylic acids is 1. The second kappa shape index (κ2) is 8.85. The Morgan fingerprint density at radius 3 is 2.59 bits per heavy atom. The molecule has 1 unspecified atom stereocenters. The van der Waals surface area contributed by atoms with Crippen LogP contribution in [0.15, 0.2) is 30.6 Å². The number of anilines is 2. The first-order valence-corrected chi connectivity index (χ1v) is 12.7. The van der Waals surface area contributed by atoms with Gasteiger partial charge in [-0.05, 0) is 39.0 Å². The fraction of sp³-hybridized carbons (Fsp3) is 0.407. The van der Waals surface area contributed by atoms with Crippen LogP contribution in [0.4, 0.5) is 20.8 Å². The molecule has 0 aliphatic carbocycles. The molecule has 1 amide bonds. The smallest absolute Gasteiger partial charge is 0.416 e. The highest BCUT2D eigenvalue weighted by molar-refractivity contribution is 5.92. The van der Waals surface area contributed by atoms with E-state index in [2.05, 4.69) is 15.3 Å². The van der Waals surface area contributed by atoms with E-state index >= 15 is 4.39 Å². The number of carbonyl (C=O) groups is 1. The maximum atomic E-state index is 15.4. The lowest BCUT2D eigenvalue weighted by Gasteiger charge is -2.29. The Bertz CT molecular complexity index is 1600. The van der Waals surface area contributed by atoms with Crippen molar-refractivity contribution in [2.75, 3.05) is 37.1 Å². The molecular weight excluding hydrogens is 505 g/mol. The van der Waals surface area contributed by atoms with Crippen molar-refractivity contribution in [1.82, 2.24) is 24.4 Å². The van der Waals surface area contributed by atoms with Crippen molar-refractivity contribution < 1.29 is 23.4 Å². The first kappa shape index (κ1) is 25.0. The fourth-order valence-corrected chi connectivity index (χ4v) is 5.08. The summed E-state index contributed by atoms with van der Waals surface area (Å²) in [4.78, 5) is 17.0. The molecule has 0 N–H and O–H groups in total. The number of hydrogen-bond donors (Lipinski definition) is 0. The Balaban J connectivity index is 1.59. The van der Waals surface area contributed by atoms with Gasteiger partial charge in [0.25, 0.3) is 0 Å². The van der Waals surface area contributed by atoms with Crippen LogP contribution in [-0.4, -0.2) is 63.4 Å². The summed E-state index contributed by atoms with van der Waals surface area (Å²) in [6.45, 7) is 5.83. The molecule has 39 heavy (non-hydrogen) atoms. The summed E-state index contributed by atoms with van der Waals surface area (Å²) >= 11 is 0. The lowest BCUT2D eigenvalue weighted by atomic mass is 9.95. The molecule has 4 aromatic rings. The molecule has 2 aliphatic heterocycles. The number of amides is 1. The molecule has 0 spiro atoms. The molecule has 6 rings (SSSR count). The largest absolute Gasteiger partial charge is 0.493 e. The number of benzene rings is 1. The van der Waals surface area contributed by atoms with Crippen molar-refractivity contribution in [3.63, 3.8) is 0 Å². The van der Waals surface area contributed by atoms with E-state index in [4.69, 9.17) is 14.2 Å². The monoisotopic (exact) mass is 535 g/mol. The molecule has 2 aliphatic rings. The molecule has 0 radical (unpaired) electrons. The van der Waals surface area contributed by atoms with E-state index in [1.807, 2.05) is 38.2 Å². The third kappa shape index (κ3) is 4.19. The maximum Gasteiger partial charge on any atom is 0.416 e. The van der Waals surface area contributed by atoms with Crippen LogP contribution in [0.1, 0.15) is 37.8 Å². The van der Waals surface area contributed by atoms with Gasteiger partial charge >= 0.3 is 6.09 Å². The molecular formula is C27H30FN7O4. The summed E-state index contributed by atoms with van der Waals surface area (Å²) in [6.07, 6.45) is 0.861. The summed E-state index contributed by atoms with van der Waals surface area (Å²) < 4.78 is 36.9. The molecule has 5 heterocycles. The average Bonchev–Trinajstić information content (AvgIpc) is 3.59. The number of ether oxygens (including phenoxy) is 3. The summed E-state index contributed by atoms with van der Waals surface area (Å²) in [5.41, 5.74) is 2.27. The zero-order valence-electron chi connectivity index (χ0n) is 22.7. The summed E-state index contributed by atoms with van der Waals surface area (Å²) in [5, 5.41) is 13.1. The van der Waals surface area contributed by atoms with E-state index in [1.165, 1.54) is 17.3 Å². The van der Waals surface area contributed by atoms with E-state index in [1.54, 1.807) is 35.9 Å². The quantitative estimate of drug-likeness (QED) is 0.378. The molecule has 3 aromatic heterocycles. The lowest BCUT2D eigenvalue weighted by Crippen LogP contribution is -2.38. The van der Waals surface area contributed by atoms with E-state index in [9.17, 15) is 4.79 Å². The van der Waals surface area contributed by atoms with Gasteiger partial charge in [0.1, 0.15) is 23.5 Å². The second-order valence-corrected chi connectivity index (χ2v) is 11.0. The third-order valence-corrected chi connectivity index (χ3v) is 6.85. The standard InChI is InChI=1S/C27H30FN7O4/c1-27(2,3)39-26(36)34-11-17-18(28)7-8-20-23(17)15(12-37-20)13-38-21-9-16(24-30-29-14-35(24)25(21)34)19-10-22(32(4)5)31-33(19)6/h7-10,14-15H,11-13H2,1-6H3. The minimum Gasteiger partial charge on any atom is -0.493 e. The minimum atomic E-state index is -0.789. The van der Waals surface area contributed by atoms with Gasteiger partial charge in [0.05, 0.1) is 31.4 Å². The van der Waals surface area contributed by atoms with E-state index in [0.717, 1.165) is 11.5 Å². The highest BCUT2D eigenvalue weighted by Crippen LogP contribution is 2.44. The molecule has 1 aromatic carbocycles. The van der Waals surface area contributed by atoms with Crippen LogP contribution in [0.5, 0.6) is 11.5 Å². The average molecular weight is 536 g/mol. The van der Waals surface area contributed by atoms with Gasteiger partial charge in [-0.3, -0.25) is 14.0 Å². The number of halogens is 1. The summed E-state index contributed by atoms with van der Waals surface area (Å²) in [6, 6.07) is 6.76. The van der Waals surface area contributed by atoms with Crippen molar-refractivity contribution in [2.24, 2.45) is 7.05 Å². The van der Waals surface area contributed by atoms with Gasteiger partial charge in [-0.2, -0.15) is 5.10 Å². The number of rotatable bonds is 2. The Morgan fingerprint density at radius 2 is 1.90 bits per heavy atom. The Morgan fingerprint density at radius 1 is 1.15 bits per heavy atom. The van der Waals surface area contributed by atoms with Gasteiger partial charge in [0.15, 0.2) is 23.0 Å². The zero-order valence-corrected chi connectivity index (χ0v) is 22.7. The number of fused-ring (bicyclic) bond motifs is 3. The van der Waals surface area contributed by atoms with Crippen LogP contribution in [0.3, 0.4) is 0 Å². The van der Waals surface area contributed by atoms with E-state index in [-0.39, 0.29) is 19.1 Å². The number of pyridine rings is 1. The molecule has 0 bridgehead atoms. The fourth-order valence-electron chi connectivity index (χ4n) is 5.08. The van der Waals surface area contributed by atoms with Crippen LogP contribution < -0.4 is 19.3 Å². The first-order valence-electron chi connectivity index (χ1n) is 12.7. The third-order valence-electron chi connectivity index (χ3n) is 6.85. The van der Waals surface area contributed by atoms with Crippen LogP contribution >= 0.6 is 0 Å². The Kier molecular flexibility index (Phi) is 5.67. The van der Waals surface area contributed by atoms with Gasteiger partial charge in [-0.15, -0.1) is 10.2 Å². The predicted octanol–water partition coefficient (Wildman–Crippen LogP) is 4.15. The Hall–Kier alpha value is -4.35. The number of aromatic nitrogens is 5. The molecule has 204 valence electrons. The normalized spacial score (nSPS) is 16.5. The Labute approximate surface area is 224 Å². The topological polar surface area (TPSA) is 99.3 Å². The molecule has 1 atom stereocenters. The zero-order chi connectivity index (χ0) is 27.6. The molecule has 0 fully saturated rings. The van der Waals surface area contributed by atoms with Gasteiger partial charge < -0.3 is 19.1 Å². The van der Waals surface area contributed by atoms with E-state index < -0.39 is 17.5 Å². The molecule has 12 heteroatoms. The van der Waals surface area contributed by atoms with Crippen molar-refractivity contribution in [3.05, 3.63) is 47.5 Å². The van der Waals surface area contributed by atoms with Gasteiger partial charge in [0, 0.05) is 43.9 Å². The first-order chi connectivity index (χ1) is 18.5. The summed E-state index contributed by atoms with van der Waals surface area (Å²) in [5.74, 6) is 1.47. The van der Waals surface area contributed by atoms with Crippen LogP contribution in [0, 0.1) is 5.82 Å². The van der Waals surface area contributed by atoms with Gasteiger partial charge in [-0.1, -0.05) is 0 Å². The number of hydrogen-bond acceptors (Lipinski definition) is 8. The van der Waals surface area contributed by atoms with Gasteiger partial charge in [0.2, 0.25) is 0 Å². The maximum absolute atomic E-state index is 15.4. The van der Waals surface area contributed by atoms with Crippen LogP contribution in [0.25, 0.3) is 16.9 Å². The predicted molar refractivity (Wildman–Crippen MR) is 142 cm³/mol. The van der Waals surface area contributed by atoms with Crippen LogP contribution in [0.2, 0.25) is 0 Å². The van der Waals surface area contributed by atoms with Crippen molar-refractivity contribution in [2.45, 2.75) is 38.8 Å². The second-order valence-electron chi connectivity index (χ2n) is 11.0. The lowest BCUT2D eigenvalue weighted by molar-refractivity contribution is 0.0574. The van der Waals surface area contributed by atoms with Crippen molar-refractivity contribution in [3.8, 4) is 22.8 Å². The molecule has 0 saturated carbocycles. The minimum absolute atomic E-state index is 0.0940. The highest BCUT2D eigenvalue weighted by Gasteiger charge is 2.37. The van der Waals surface area contributed by atoms with Crippen LogP contribution in [-0.2, 0) is 18.3 Å². The number of aryl methyl sites for hydroxylation is 1. The van der Waals surface area contributed by atoms with Crippen molar-refractivity contribution in [1.29, 1.82) is 0 Å². The SMILES string of the molecule is CN(C)c1cc(-c2cc3c(n4cnnc24)N(C(=O)OC(C)(C)C)Cc2c(F)ccc4c2C(CO4)CO3)n(C)n1. The summed E-state index contributed by atoms with van der Waals surface area (Å²) in [7, 11) is 5.68. The number of nitrogens with zero attached hydrogens (tertiary/aromatic N) is 7. The molecule has 11 nitrogen and oxygen atoms in total. The molecule has 0 saturated heterocycles. The highest BCUT2D eigenvalue weighted by atomic mass is 19.1. The van der Waals surface area contributed by atoms with Crippen molar-refractivity contribution >= 4 is 23.4 Å².